The van der Waals surface area contributed by atoms with E-state index in [0.29, 0.717) is 41.4 Å². The van der Waals surface area contributed by atoms with Crippen molar-refractivity contribution in [3.8, 4) is 17.2 Å². The molecule has 158 valence electrons. The minimum atomic E-state index is -0.191. The van der Waals surface area contributed by atoms with Crippen LogP contribution in [0, 0.1) is 0 Å². The highest BCUT2D eigenvalue weighted by molar-refractivity contribution is 9.10. The van der Waals surface area contributed by atoms with Gasteiger partial charge in [-0.15, -0.1) is 0 Å². The summed E-state index contributed by atoms with van der Waals surface area (Å²) in [4.78, 5) is 17.5. The van der Waals surface area contributed by atoms with E-state index in [1.165, 1.54) is 11.8 Å². The summed E-state index contributed by atoms with van der Waals surface area (Å²) >= 11 is 4.85. The predicted octanol–water partition coefficient (Wildman–Crippen LogP) is 5.54. The molecule has 1 N–H and O–H groups in total. The number of hydrogen-bond donors (Lipinski definition) is 1. The number of rotatable bonds is 8. The minimum Gasteiger partial charge on any atom is -0.494 e. The molecule has 0 aliphatic carbocycles. The number of halogens is 1. The number of aliphatic imine (C=N–C) groups is 1. The third-order valence-corrected chi connectivity index (χ3v) is 5.58. The van der Waals surface area contributed by atoms with E-state index in [1.807, 2.05) is 63.2 Å². The molecule has 3 rings (SSSR count). The molecule has 2 aromatic carbocycles. The van der Waals surface area contributed by atoms with Crippen molar-refractivity contribution < 1.29 is 19.0 Å². The number of hydrogen-bond acceptors (Lipinski definition) is 6. The molecule has 0 saturated carbocycles. The van der Waals surface area contributed by atoms with Crippen LogP contribution in [0.15, 0.2) is 50.8 Å². The standard InChI is InChI=1S/C22H23BrN2O4S/c1-4-27-16-9-7-15(8-10-16)24-22-25-21(26)20(30-22)12-14-11-18(28-5-2)19(29-6-3)13-17(14)23/h7-13H,4-6H2,1-3H3,(H,24,25,26)/b20-12+. The van der Waals surface area contributed by atoms with Gasteiger partial charge in [0.2, 0.25) is 0 Å². The molecule has 1 aliphatic rings. The molecule has 6 nitrogen and oxygen atoms in total. The molecule has 0 spiro atoms. The van der Waals surface area contributed by atoms with E-state index in [9.17, 15) is 4.79 Å². The zero-order valence-corrected chi connectivity index (χ0v) is 19.4. The first kappa shape index (κ1) is 22.2. The van der Waals surface area contributed by atoms with E-state index in [4.69, 9.17) is 14.2 Å². The van der Waals surface area contributed by atoms with E-state index in [1.54, 1.807) is 0 Å². The maximum absolute atomic E-state index is 12.4. The molecule has 1 aliphatic heterocycles. The summed E-state index contributed by atoms with van der Waals surface area (Å²) in [7, 11) is 0. The highest BCUT2D eigenvalue weighted by atomic mass is 79.9. The molecular weight excluding hydrogens is 468 g/mol. The summed E-state index contributed by atoms with van der Waals surface area (Å²) in [5.41, 5.74) is 1.56. The topological polar surface area (TPSA) is 69.2 Å². The van der Waals surface area contributed by atoms with Crippen molar-refractivity contribution in [1.29, 1.82) is 0 Å². The first-order valence-electron chi connectivity index (χ1n) is 9.65. The zero-order chi connectivity index (χ0) is 21.5. The summed E-state index contributed by atoms with van der Waals surface area (Å²) in [5.74, 6) is 1.90. The first-order chi connectivity index (χ1) is 14.5. The molecule has 1 saturated heterocycles. The fourth-order valence-electron chi connectivity index (χ4n) is 2.72. The van der Waals surface area contributed by atoms with E-state index in [0.717, 1.165) is 21.5 Å². The lowest BCUT2D eigenvalue weighted by atomic mass is 10.2. The van der Waals surface area contributed by atoms with Crippen molar-refractivity contribution in [2.45, 2.75) is 20.8 Å². The lowest BCUT2D eigenvalue weighted by Crippen LogP contribution is -2.19. The summed E-state index contributed by atoms with van der Waals surface area (Å²) in [6, 6.07) is 11.1. The maximum Gasteiger partial charge on any atom is 0.264 e. The Morgan fingerprint density at radius 1 is 1.00 bits per heavy atom. The average molecular weight is 491 g/mol. The summed E-state index contributed by atoms with van der Waals surface area (Å²) in [6.07, 6.45) is 1.81. The van der Waals surface area contributed by atoms with Crippen LogP contribution in [0.1, 0.15) is 26.3 Å². The monoisotopic (exact) mass is 490 g/mol. The smallest absolute Gasteiger partial charge is 0.264 e. The molecule has 0 unspecified atom stereocenters. The van der Waals surface area contributed by atoms with Crippen molar-refractivity contribution >= 4 is 50.5 Å². The van der Waals surface area contributed by atoms with Gasteiger partial charge in [0.1, 0.15) is 5.75 Å². The van der Waals surface area contributed by atoms with Gasteiger partial charge in [0, 0.05) is 4.47 Å². The second kappa shape index (κ2) is 10.5. The van der Waals surface area contributed by atoms with Gasteiger partial charge in [-0.3, -0.25) is 4.79 Å². The number of nitrogens with one attached hydrogen (secondary N) is 1. The number of nitrogens with zero attached hydrogens (tertiary/aromatic N) is 1. The quantitative estimate of drug-likeness (QED) is 0.492. The van der Waals surface area contributed by atoms with Gasteiger partial charge < -0.3 is 19.5 Å². The number of ether oxygens (including phenoxy) is 3. The molecule has 1 fully saturated rings. The SMILES string of the molecule is CCOc1ccc(N=C2NC(=O)/C(=C\c3cc(OCC)c(OCC)cc3Br)S2)cc1. The van der Waals surface area contributed by atoms with Crippen LogP contribution in [-0.4, -0.2) is 30.9 Å². The molecule has 1 heterocycles. The lowest BCUT2D eigenvalue weighted by molar-refractivity contribution is -0.115. The predicted molar refractivity (Wildman–Crippen MR) is 125 cm³/mol. The molecule has 1 amide bonds. The molecule has 0 bridgehead atoms. The fourth-order valence-corrected chi connectivity index (χ4v) is 3.99. The van der Waals surface area contributed by atoms with Crippen molar-refractivity contribution in [3.63, 3.8) is 0 Å². The van der Waals surface area contributed by atoms with Crippen molar-refractivity contribution in [1.82, 2.24) is 5.32 Å². The number of carbonyl (C=O) groups is 1. The van der Waals surface area contributed by atoms with Gasteiger partial charge in [0.15, 0.2) is 16.7 Å². The molecular formula is C22H23BrN2O4S. The van der Waals surface area contributed by atoms with Gasteiger partial charge in [-0.2, -0.15) is 0 Å². The van der Waals surface area contributed by atoms with Crippen LogP contribution in [0.5, 0.6) is 17.2 Å². The number of carbonyl (C=O) groups excluding carboxylic acids is 1. The second-order valence-electron chi connectivity index (χ2n) is 6.10. The second-order valence-corrected chi connectivity index (χ2v) is 7.98. The van der Waals surface area contributed by atoms with Crippen LogP contribution in [-0.2, 0) is 4.79 Å². The molecule has 0 aromatic heterocycles. The van der Waals surface area contributed by atoms with Crippen LogP contribution < -0.4 is 19.5 Å². The normalized spacial score (nSPS) is 16.1. The van der Waals surface area contributed by atoms with E-state index in [-0.39, 0.29) is 5.91 Å². The van der Waals surface area contributed by atoms with E-state index in [2.05, 4.69) is 26.2 Å². The Morgan fingerprint density at radius 2 is 1.63 bits per heavy atom. The van der Waals surface area contributed by atoms with Crippen molar-refractivity contribution in [2.75, 3.05) is 19.8 Å². The van der Waals surface area contributed by atoms with Gasteiger partial charge in [-0.05, 0) is 80.6 Å². The zero-order valence-electron chi connectivity index (χ0n) is 17.0. The highest BCUT2D eigenvalue weighted by Crippen LogP contribution is 2.37. The molecule has 8 heteroatoms. The van der Waals surface area contributed by atoms with E-state index >= 15 is 0 Å². The fraction of sp³-hybridized carbons (Fsp3) is 0.273. The lowest BCUT2D eigenvalue weighted by Gasteiger charge is -2.13. The Hall–Kier alpha value is -2.45. The first-order valence-corrected chi connectivity index (χ1v) is 11.3. The maximum atomic E-state index is 12.4. The van der Waals surface area contributed by atoms with Crippen LogP contribution in [0.25, 0.3) is 6.08 Å². The number of benzene rings is 2. The Labute approximate surface area is 188 Å². The van der Waals surface area contributed by atoms with Gasteiger partial charge in [-0.25, -0.2) is 4.99 Å². The molecule has 0 atom stereocenters. The largest absolute Gasteiger partial charge is 0.494 e. The number of thioether (sulfide) groups is 1. The summed E-state index contributed by atoms with van der Waals surface area (Å²) in [5, 5.41) is 3.34. The Bertz CT molecular complexity index is 974. The number of amidine groups is 1. The average Bonchev–Trinajstić information content (AvgIpc) is 3.06. The molecule has 30 heavy (non-hydrogen) atoms. The highest BCUT2D eigenvalue weighted by Gasteiger charge is 2.24. The Balaban J connectivity index is 1.82. The minimum absolute atomic E-state index is 0.191. The van der Waals surface area contributed by atoms with Crippen LogP contribution in [0.4, 0.5) is 5.69 Å². The van der Waals surface area contributed by atoms with Gasteiger partial charge in [0.05, 0.1) is 30.4 Å². The van der Waals surface area contributed by atoms with E-state index < -0.39 is 0 Å². The van der Waals surface area contributed by atoms with Crippen LogP contribution in [0.3, 0.4) is 0 Å². The van der Waals surface area contributed by atoms with Gasteiger partial charge in [-0.1, -0.05) is 15.9 Å². The third kappa shape index (κ3) is 5.58. The van der Waals surface area contributed by atoms with Crippen molar-refractivity contribution in [2.24, 2.45) is 4.99 Å². The Morgan fingerprint density at radius 3 is 2.27 bits per heavy atom. The molecule has 2 aromatic rings. The number of amides is 1. The van der Waals surface area contributed by atoms with Crippen LogP contribution >= 0.6 is 27.7 Å². The third-order valence-electron chi connectivity index (χ3n) is 3.98. The van der Waals surface area contributed by atoms with Gasteiger partial charge >= 0.3 is 0 Å². The summed E-state index contributed by atoms with van der Waals surface area (Å²) in [6.45, 7) is 7.44. The van der Waals surface area contributed by atoms with Crippen molar-refractivity contribution in [3.05, 3.63) is 51.3 Å². The van der Waals surface area contributed by atoms with Crippen LogP contribution in [0.2, 0.25) is 0 Å². The summed E-state index contributed by atoms with van der Waals surface area (Å²) < 4.78 is 17.6. The molecule has 0 radical (unpaired) electrons. The Kier molecular flexibility index (Phi) is 7.81. The van der Waals surface area contributed by atoms with Gasteiger partial charge in [0.25, 0.3) is 5.91 Å².